The molecule has 8 heteroatoms. The Balaban J connectivity index is 2.52. The summed E-state index contributed by atoms with van der Waals surface area (Å²) in [5.74, 6) is -1.69. The predicted molar refractivity (Wildman–Crippen MR) is 68.1 cm³/mol. The fraction of sp³-hybridized carbons (Fsp3) is 0.385. The average Bonchev–Trinajstić information content (AvgIpc) is 2.37. The van der Waals surface area contributed by atoms with Crippen LogP contribution in [0.15, 0.2) is 24.3 Å². The molecule has 1 amide bonds. The van der Waals surface area contributed by atoms with Gasteiger partial charge in [0.1, 0.15) is 19.0 Å². The van der Waals surface area contributed by atoms with Gasteiger partial charge in [0.25, 0.3) is 0 Å². The van der Waals surface area contributed by atoms with Gasteiger partial charge < -0.3 is 19.9 Å². The van der Waals surface area contributed by atoms with E-state index in [2.05, 4.69) is 14.8 Å². The Labute approximate surface area is 119 Å². The number of carbonyl (C=O) groups excluding carboxylic acids is 1. The fourth-order valence-corrected chi connectivity index (χ4v) is 1.56. The molecule has 1 rings (SSSR count). The first kappa shape index (κ1) is 16.8. The Bertz CT molecular complexity index is 495. The van der Waals surface area contributed by atoms with E-state index in [1.807, 2.05) is 0 Å². The van der Waals surface area contributed by atoms with Gasteiger partial charge in [0.15, 0.2) is 0 Å². The van der Waals surface area contributed by atoms with Crippen LogP contribution in [0.25, 0.3) is 0 Å². The molecule has 0 spiro atoms. The van der Waals surface area contributed by atoms with E-state index in [4.69, 9.17) is 5.11 Å². The molecule has 1 aromatic rings. The number of carboxylic acid groups (broad SMARTS) is 1. The highest BCUT2D eigenvalue weighted by Gasteiger charge is 2.12. The molecule has 1 atom stereocenters. The predicted octanol–water partition coefficient (Wildman–Crippen LogP) is 1.57. The van der Waals surface area contributed by atoms with Crippen LogP contribution in [-0.2, 0) is 14.3 Å². The van der Waals surface area contributed by atoms with Crippen molar-refractivity contribution in [3.63, 3.8) is 0 Å². The van der Waals surface area contributed by atoms with E-state index in [1.165, 1.54) is 18.2 Å². The Morgan fingerprint density at radius 1 is 1.33 bits per heavy atom. The van der Waals surface area contributed by atoms with Crippen LogP contribution in [0.4, 0.5) is 8.78 Å². The Hall–Kier alpha value is -2.22. The molecule has 6 nitrogen and oxygen atoms in total. The molecule has 0 aliphatic heterocycles. The van der Waals surface area contributed by atoms with E-state index in [0.717, 1.165) is 0 Å². The van der Waals surface area contributed by atoms with Crippen molar-refractivity contribution in [3.8, 4) is 5.75 Å². The highest BCUT2D eigenvalue weighted by atomic mass is 19.3. The third kappa shape index (κ3) is 6.66. The monoisotopic (exact) mass is 303 g/mol. The normalized spacial score (nSPS) is 12.0. The summed E-state index contributed by atoms with van der Waals surface area (Å²) in [6.45, 7) is -2.24. The number of nitrogens with one attached hydrogen (secondary N) is 1. The van der Waals surface area contributed by atoms with Gasteiger partial charge in [-0.25, -0.2) is 4.79 Å². The molecule has 0 aromatic heterocycles. The minimum atomic E-state index is -2.92. The summed E-state index contributed by atoms with van der Waals surface area (Å²) in [6, 6.07) is 5.46. The molecule has 2 N–H and O–H groups in total. The molecular weight excluding hydrogens is 288 g/mol. The van der Waals surface area contributed by atoms with Gasteiger partial charge >= 0.3 is 12.6 Å². The smallest absolute Gasteiger partial charge is 0.387 e. The lowest BCUT2D eigenvalue weighted by Gasteiger charge is -2.15. The lowest BCUT2D eigenvalue weighted by Crippen LogP contribution is -2.31. The van der Waals surface area contributed by atoms with Crippen LogP contribution in [-0.4, -0.2) is 36.8 Å². The molecule has 116 valence electrons. The molecule has 0 bridgehead atoms. The van der Waals surface area contributed by atoms with Crippen molar-refractivity contribution in [2.24, 2.45) is 0 Å². The molecule has 1 unspecified atom stereocenters. The summed E-state index contributed by atoms with van der Waals surface area (Å²) in [7, 11) is 0. The highest BCUT2D eigenvalue weighted by Crippen LogP contribution is 2.20. The lowest BCUT2D eigenvalue weighted by atomic mass is 10.1. The molecule has 0 aliphatic rings. The van der Waals surface area contributed by atoms with Gasteiger partial charge in [-0.2, -0.15) is 8.78 Å². The Morgan fingerprint density at radius 3 is 2.67 bits per heavy atom. The Morgan fingerprint density at radius 2 is 2.05 bits per heavy atom. The summed E-state index contributed by atoms with van der Waals surface area (Å²) in [5.41, 5.74) is 0.569. The molecule has 0 aliphatic carbocycles. The van der Waals surface area contributed by atoms with Crippen molar-refractivity contribution in [2.45, 2.75) is 19.6 Å². The van der Waals surface area contributed by atoms with Crippen LogP contribution in [0.2, 0.25) is 0 Å². The molecule has 0 radical (unpaired) electrons. The van der Waals surface area contributed by atoms with Gasteiger partial charge in [0.05, 0.1) is 6.04 Å². The van der Waals surface area contributed by atoms with Crippen molar-refractivity contribution in [1.29, 1.82) is 0 Å². The maximum Gasteiger partial charge on any atom is 0.387 e. The summed E-state index contributed by atoms with van der Waals surface area (Å²) >= 11 is 0. The number of rotatable bonds is 8. The van der Waals surface area contributed by atoms with Gasteiger partial charge in [0.2, 0.25) is 5.91 Å². The minimum absolute atomic E-state index is 0.00859. The van der Waals surface area contributed by atoms with E-state index >= 15 is 0 Å². The van der Waals surface area contributed by atoms with Crippen molar-refractivity contribution < 1.29 is 33.0 Å². The molecule has 0 saturated heterocycles. The van der Waals surface area contributed by atoms with Crippen LogP contribution < -0.4 is 10.1 Å². The van der Waals surface area contributed by atoms with Crippen molar-refractivity contribution in [1.82, 2.24) is 5.32 Å². The van der Waals surface area contributed by atoms with Gasteiger partial charge in [-0.3, -0.25) is 4.79 Å². The van der Waals surface area contributed by atoms with E-state index < -0.39 is 37.7 Å². The van der Waals surface area contributed by atoms with E-state index in [-0.39, 0.29) is 5.75 Å². The van der Waals surface area contributed by atoms with Crippen molar-refractivity contribution >= 4 is 11.9 Å². The molecule has 1 aromatic carbocycles. The number of carboxylic acids is 1. The molecule has 0 saturated carbocycles. The first-order valence-corrected chi connectivity index (χ1v) is 6.02. The van der Waals surface area contributed by atoms with E-state index in [9.17, 15) is 18.4 Å². The van der Waals surface area contributed by atoms with Gasteiger partial charge in [-0.05, 0) is 24.6 Å². The van der Waals surface area contributed by atoms with E-state index in [0.29, 0.717) is 5.56 Å². The number of halogens is 2. The van der Waals surface area contributed by atoms with E-state index in [1.54, 1.807) is 13.0 Å². The Kier molecular flexibility index (Phi) is 6.54. The van der Waals surface area contributed by atoms with Gasteiger partial charge in [-0.15, -0.1) is 0 Å². The van der Waals surface area contributed by atoms with Crippen LogP contribution >= 0.6 is 0 Å². The summed E-state index contributed by atoms with van der Waals surface area (Å²) in [6.07, 6.45) is 0. The molecule has 0 heterocycles. The first-order valence-electron chi connectivity index (χ1n) is 6.02. The minimum Gasteiger partial charge on any atom is -0.480 e. The lowest BCUT2D eigenvalue weighted by molar-refractivity contribution is -0.143. The highest BCUT2D eigenvalue weighted by molar-refractivity contribution is 5.78. The maximum atomic E-state index is 12.1. The second-order valence-electron chi connectivity index (χ2n) is 4.13. The number of hydrogen-bond acceptors (Lipinski definition) is 4. The number of carbonyl (C=O) groups is 2. The first-order chi connectivity index (χ1) is 9.88. The second-order valence-corrected chi connectivity index (χ2v) is 4.13. The van der Waals surface area contributed by atoms with Crippen molar-refractivity contribution in [3.05, 3.63) is 29.8 Å². The van der Waals surface area contributed by atoms with Crippen LogP contribution in [0.1, 0.15) is 18.5 Å². The maximum absolute atomic E-state index is 12.1. The standard InChI is InChI=1S/C13H15F2NO5/c1-8(16-11(17)6-20-7-12(18)19)9-3-2-4-10(5-9)21-13(14)15/h2-5,8,13H,6-7H2,1H3,(H,16,17)(H,18,19). The third-order valence-corrected chi connectivity index (χ3v) is 2.42. The van der Waals surface area contributed by atoms with Crippen LogP contribution in [0, 0.1) is 0 Å². The SMILES string of the molecule is CC(NC(=O)COCC(=O)O)c1cccc(OC(F)F)c1. The van der Waals surface area contributed by atoms with Crippen LogP contribution in [0.3, 0.4) is 0 Å². The topological polar surface area (TPSA) is 84.9 Å². The fourth-order valence-electron chi connectivity index (χ4n) is 1.56. The average molecular weight is 303 g/mol. The largest absolute Gasteiger partial charge is 0.480 e. The number of benzene rings is 1. The molecular formula is C13H15F2NO5. The third-order valence-electron chi connectivity index (χ3n) is 2.42. The zero-order valence-corrected chi connectivity index (χ0v) is 11.2. The molecule has 0 fully saturated rings. The second kappa shape index (κ2) is 8.15. The number of aliphatic carboxylic acids is 1. The number of alkyl halides is 2. The quantitative estimate of drug-likeness (QED) is 0.761. The summed E-state index contributed by atoms with van der Waals surface area (Å²) in [5, 5.41) is 10.9. The van der Waals surface area contributed by atoms with Gasteiger partial charge in [-0.1, -0.05) is 12.1 Å². The summed E-state index contributed by atoms with van der Waals surface area (Å²) in [4.78, 5) is 21.7. The zero-order chi connectivity index (χ0) is 15.8. The summed E-state index contributed by atoms with van der Waals surface area (Å²) < 4.78 is 33.1. The number of amides is 1. The van der Waals surface area contributed by atoms with Gasteiger partial charge in [0, 0.05) is 0 Å². The molecule has 21 heavy (non-hydrogen) atoms. The number of ether oxygens (including phenoxy) is 2. The number of hydrogen-bond donors (Lipinski definition) is 2. The zero-order valence-electron chi connectivity index (χ0n) is 11.2. The van der Waals surface area contributed by atoms with Crippen LogP contribution in [0.5, 0.6) is 5.75 Å². The van der Waals surface area contributed by atoms with Crippen molar-refractivity contribution in [2.75, 3.05) is 13.2 Å².